The molecule has 1 saturated heterocycles. The second-order valence-corrected chi connectivity index (χ2v) is 6.28. The highest BCUT2D eigenvalue weighted by Crippen LogP contribution is 2.31. The monoisotopic (exact) mass is 373 g/mol. The average Bonchev–Trinajstić information content (AvgIpc) is 2.95. The van der Waals surface area contributed by atoms with Gasteiger partial charge in [0.25, 0.3) is 0 Å². The fourth-order valence-corrected chi connectivity index (χ4v) is 2.82. The van der Waals surface area contributed by atoms with Gasteiger partial charge in [0.05, 0.1) is 16.7 Å². The lowest BCUT2D eigenvalue weighted by Crippen LogP contribution is -2.39. The number of anilines is 1. The lowest BCUT2D eigenvalue weighted by molar-refractivity contribution is -0.132. The van der Waals surface area contributed by atoms with Crippen LogP contribution < -0.4 is 15.5 Å². The maximum Gasteiger partial charge on any atom is 0.239 e. The minimum absolute atomic E-state index is 0.210. The van der Waals surface area contributed by atoms with Crippen LogP contribution >= 0.6 is 23.2 Å². The Bertz CT molecular complexity index is 598. The van der Waals surface area contributed by atoms with E-state index in [0.717, 1.165) is 6.54 Å². The van der Waals surface area contributed by atoms with E-state index in [9.17, 15) is 9.59 Å². The van der Waals surface area contributed by atoms with Crippen LogP contribution in [0.15, 0.2) is 18.2 Å². The summed E-state index contributed by atoms with van der Waals surface area (Å²) >= 11 is 11.9. The van der Waals surface area contributed by atoms with Crippen molar-refractivity contribution < 1.29 is 14.3 Å². The van der Waals surface area contributed by atoms with Gasteiger partial charge in [0, 0.05) is 39.0 Å². The number of benzene rings is 1. The van der Waals surface area contributed by atoms with Crippen molar-refractivity contribution in [3.05, 3.63) is 28.2 Å². The molecule has 0 aliphatic carbocycles. The van der Waals surface area contributed by atoms with E-state index in [1.165, 1.54) is 0 Å². The van der Waals surface area contributed by atoms with Crippen molar-refractivity contribution in [2.45, 2.75) is 6.42 Å². The van der Waals surface area contributed by atoms with Crippen molar-refractivity contribution in [2.24, 2.45) is 5.92 Å². The van der Waals surface area contributed by atoms with Crippen LogP contribution in [0.3, 0.4) is 0 Å². The van der Waals surface area contributed by atoms with Gasteiger partial charge in [-0.15, -0.1) is 0 Å². The van der Waals surface area contributed by atoms with Gasteiger partial charge in [0.1, 0.15) is 5.92 Å². The Hall–Kier alpha value is -1.34. The van der Waals surface area contributed by atoms with E-state index in [4.69, 9.17) is 27.9 Å². The molecular weight excluding hydrogens is 353 g/mol. The highest BCUT2D eigenvalue weighted by Gasteiger charge is 2.37. The summed E-state index contributed by atoms with van der Waals surface area (Å²) in [5, 5.41) is 6.73. The van der Waals surface area contributed by atoms with E-state index in [0.29, 0.717) is 48.4 Å². The quantitative estimate of drug-likeness (QED) is 0.537. The van der Waals surface area contributed by atoms with E-state index < -0.39 is 5.92 Å². The first-order valence-electron chi connectivity index (χ1n) is 7.78. The molecule has 1 unspecified atom stereocenters. The van der Waals surface area contributed by atoms with Crippen LogP contribution in [0.2, 0.25) is 10.0 Å². The summed E-state index contributed by atoms with van der Waals surface area (Å²) in [6.07, 6.45) is 0.488. The van der Waals surface area contributed by atoms with Crippen LogP contribution in [0, 0.1) is 5.92 Å². The van der Waals surface area contributed by atoms with Crippen molar-refractivity contribution in [1.29, 1.82) is 0 Å². The number of methoxy groups -OCH3 is 1. The van der Waals surface area contributed by atoms with Gasteiger partial charge in [-0.05, 0) is 24.6 Å². The average molecular weight is 374 g/mol. The first kappa shape index (κ1) is 19.0. The maximum atomic E-state index is 12.5. The zero-order chi connectivity index (χ0) is 17.5. The van der Waals surface area contributed by atoms with E-state index in [2.05, 4.69) is 10.6 Å². The molecule has 2 amide bonds. The maximum absolute atomic E-state index is 12.5. The minimum Gasteiger partial charge on any atom is -0.383 e. The third-order valence-corrected chi connectivity index (χ3v) is 4.56. The number of ether oxygens (including phenoxy) is 1. The molecule has 0 spiro atoms. The molecule has 6 nitrogen and oxygen atoms in total. The van der Waals surface area contributed by atoms with Crippen LogP contribution in [0.1, 0.15) is 6.42 Å². The number of hydrogen-bond acceptors (Lipinski definition) is 4. The molecular formula is C16H21Cl2N3O3. The van der Waals surface area contributed by atoms with Gasteiger partial charge in [0.2, 0.25) is 11.8 Å². The van der Waals surface area contributed by atoms with Crippen LogP contribution in [0.4, 0.5) is 5.69 Å². The van der Waals surface area contributed by atoms with Crippen molar-refractivity contribution in [3.63, 3.8) is 0 Å². The second-order valence-electron chi connectivity index (χ2n) is 5.46. The van der Waals surface area contributed by atoms with Crippen LogP contribution in [0.5, 0.6) is 0 Å². The summed E-state index contributed by atoms with van der Waals surface area (Å²) < 4.78 is 4.92. The Balaban J connectivity index is 1.84. The third-order valence-electron chi connectivity index (χ3n) is 3.82. The zero-order valence-corrected chi connectivity index (χ0v) is 15.0. The van der Waals surface area contributed by atoms with Gasteiger partial charge in [-0.1, -0.05) is 23.2 Å². The Kier molecular flexibility index (Phi) is 7.30. The molecule has 0 saturated carbocycles. The molecule has 1 aromatic carbocycles. The number of carbonyl (C=O) groups excluding carboxylic acids is 2. The Morgan fingerprint density at radius 2 is 2.08 bits per heavy atom. The zero-order valence-electron chi connectivity index (χ0n) is 13.5. The van der Waals surface area contributed by atoms with Gasteiger partial charge >= 0.3 is 0 Å². The fourth-order valence-electron chi connectivity index (χ4n) is 2.53. The molecule has 1 fully saturated rings. The number of nitrogens with one attached hydrogen (secondary N) is 2. The van der Waals surface area contributed by atoms with Crippen molar-refractivity contribution >= 4 is 40.7 Å². The van der Waals surface area contributed by atoms with E-state index in [1.54, 1.807) is 30.2 Å². The summed E-state index contributed by atoms with van der Waals surface area (Å²) in [5.41, 5.74) is 0.658. The van der Waals surface area contributed by atoms with Gasteiger partial charge in [-0.25, -0.2) is 0 Å². The highest BCUT2D eigenvalue weighted by atomic mass is 35.5. The Morgan fingerprint density at radius 3 is 2.79 bits per heavy atom. The van der Waals surface area contributed by atoms with E-state index in [1.807, 2.05) is 0 Å². The highest BCUT2D eigenvalue weighted by molar-refractivity contribution is 6.42. The van der Waals surface area contributed by atoms with Crippen molar-refractivity contribution in [2.75, 3.05) is 44.8 Å². The molecule has 2 N–H and O–H groups in total. The molecule has 1 heterocycles. The topological polar surface area (TPSA) is 70.7 Å². The molecule has 0 bridgehead atoms. The Labute approximate surface area is 151 Å². The van der Waals surface area contributed by atoms with Gasteiger partial charge in [-0.2, -0.15) is 0 Å². The molecule has 24 heavy (non-hydrogen) atoms. The van der Waals surface area contributed by atoms with E-state index >= 15 is 0 Å². The predicted octanol–water partition coefficient (Wildman–Crippen LogP) is 1.70. The lowest BCUT2D eigenvalue weighted by Gasteiger charge is -2.17. The van der Waals surface area contributed by atoms with Gasteiger partial charge in [-0.3, -0.25) is 9.59 Å². The number of halogens is 2. The summed E-state index contributed by atoms with van der Waals surface area (Å²) in [6, 6.07) is 5.01. The van der Waals surface area contributed by atoms with Crippen molar-refractivity contribution in [3.8, 4) is 0 Å². The molecule has 1 atom stereocenters. The third kappa shape index (κ3) is 4.83. The van der Waals surface area contributed by atoms with Crippen LogP contribution in [-0.2, 0) is 14.3 Å². The molecule has 1 aliphatic rings. The minimum atomic E-state index is -0.654. The number of carbonyl (C=O) groups is 2. The molecule has 8 heteroatoms. The van der Waals surface area contributed by atoms with E-state index in [-0.39, 0.29) is 11.8 Å². The molecule has 0 radical (unpaired) electrons. The summed E-state index contributed by atoms with van der Waals surface area (Å²) in [6.45, 7) is 2.93. The van der Waals surface area contributed by atoms with Gasteiger partial charge in [0.15, 0.2) is 0 Å². The SMILES string of the molecule is COCCNCCNC(=O)C1CCN(c2ccc(Cl)c(Cl)c2)C1=O. The smallest absolute Gasteiger partial charge is 0.239 e. The largest absolute Gasteiger partial charge is 0.383 e. The molecule has 1 aromatic rings. The number of rotatable bonds is 8. The summed E-state index contributed by atoms with van der Waals surface area (Å²) in [4.78, 5) is 26.2. The lowest BCUT2D eigenvalue weighted by atomic mass is 10.1. The predicted molar refractivity (Wildman–Crippen MR) is 94.7 cm³/mol. The van der Waals surface area contributed by atoms with Crippen LogP contribution in [-0.4, -0.2) is 51.7 Å². The fraction of sp³-hybridized carbons (Fsp3) is 0.500. The summed E-state index contributed by atoms with van der Waals surface area (Å²) in [7, 11) is 1.63. The molecule has 132 valence electrons. The Morgan fingerprint density at radius 1 is 1.29 bits per heavy atom. The normalized spacial score (nSPS) is 17.4. The number of amides is 2. The van der Waals surface area contributed by atoms with Crippen molar-refractivity contribution in [1.82, 2.24) is 10.6 Å². The standard InChI is InChI=1S/C16H21Cl2N3O3/c1-24-9-7-19-5-6-20-15(22)12-4-8-21(16(12)23)11-2-3-13(17)14(18)10-11/h2-3,10,12,19H,4-9H2,1H3,(H,20,22). The first-order chi connectivity index (χ1) is 11.5. The van der Waals surface area contributed by atoms with Gasteiger partial charge < -0.3 is 20.3 Å². The first-order valence-corrected chi connectivity index (χ1v) is 8.54. The van der Waals surface area contributed by atoms with Crippen LogP contribution in [0.25, 0.3) is 0 Å². The number of hydrogen-bond donors (Lipinski definition) is 2. The molecule has 1 aliphatic heterocycles. The second kappa shape index (κ2) is 9.22. The molecule has 0 aromatic heterocycles. The molecule has 2 rings (SSSR count). The number of nitrogens with zero attached hydrogens (tertiary/aromatic N) is 1. The summed E-state index contributed by atoms with van der Waals surface area (Å²) in [5.74, 6) is -1.10.